The Balaban J connectivity index is 0.00000341. The van der Waals surface area contributed by atoms with Gasteiger partial charge in [-0.25, -0.2) is 4.98 Å². The van der Waals surface area contributed by atoms with Crippen molar-refractivity contribution in [3.8, 4) is 0 Å². The third kappa shape index (κ3) is 8.76. The average Bonchev–Trinajstić information content (AvgIpc) is 3.05. The minimum absolute atomic E-state index is 0. The molecule has 0 spiro atoms. The molecule has 2 fully saturated rings. The molecule has 6 nitrogen and oxygen atoms in total. The van der Waals surface area contributed by atoms with E-state index in [1.807, 2.05) is 13.8 Å². The third-order valence-corrected chi connectivity index (χ3v) is 7.59. The second-order valence-corrected chi connectivity index (χ2v) is 10.4. The van der Waals surface area contributed by atoms with Crippen molar-refractivity contribution in [2.75, 3.05) is 31.9 Å². The van der Waals surface area contributed by atoms with Crippen LogP contribution in [0.25, 0.3) is 0 Å². The molecule has 2 unspecified atom stereocenters. The molecule has 178 valence electrons. The van der Waals surface area contributed by atoms with E-state index in [1.54, 1.807) is 0 Å². The number of piperidine rings is 1. The highest BCUT2D eigenvalue weighted by molar-refractivity contribution is 14.0. The van der Waals surface area contributed by atoms with Crippen LogP contribution in [0, 0.1) is 19.8 Å². The van der Waals surface area contributed by atoms with Crippen molar-refractivity contribution in [3.05, 3.63) is 17.3 Å². The van der Waals surface area contributed by atoms with E-state index in [1.165, 1.54) is 44.3 Å². The molecule has 1 aromatic heterocycles. The molecule has 2 aliphatic rings. The Hall–Kier alpha value is -0.480. The predicted molar refractivity (Wildman–Crippen MR) is 143 cm³/mol. The van der Waals surface area contributed by atoms with Gasteiger partial charge in [0.1, 0.15) is 5.76 Å². The van der Waals surface area contributed by atoms with Crippen LogP contribution in [0.4, 0.5) is 0 Å². The molecule has 0 aromatic carbocycles. The molecule has 1 aliphatic carbocycles. The van der Waals surface area contributed by atoms with Gasteiger partial charge in [-0.2, -0.15) is 11.8 Å². The molecule has 2 N–H and O–H groups in total. The normalized spacial score (nSPS) is 23.4. The molecule has 1 saturated carbocycles. The summed E-state index contributed by atoms with van der Waals surface area (Å²) in [6.07, 6.45) is 7.62. The molecule has 8 heteroatoms. The number of thioether (sulfide) groups is 1. The van der Waals surface area contributed by atoms with Gasteiger partial charge in [0.25, 0.3) is 0 Å². The Morgan fingerprint density at radius 2 is 1.97 bits per heavy atom. The van der Waals surface area contributed by atoms with Gasteiger partial charge < -0.3 is 15.1 Å². The van der Waals surface area contributed by atoms with Crippen LogP contribution in [0.1, 0.15) is 69.7 Å². The van der Waals surface area contributed by atoms with Crippen LogP contribution in [0.5, 0.6) is 0 Å². The van der Waals surface area contributed by atoms with Gasteiger partial charge >= 0.3 is 0 Å². The van der Waals surface area contributed by atoms with Gasteiger partial charge in [0.15, 0.2) is 5.96 Å². The summed E-state index contributed by atoms with van der Waals surface area (Å²) >= 11 is 2.12. The van der Waals surface area contributed by atoms with Crippen LogP contribution in [0.15, 0.2) is 9.41 Å². The highest BCUT2D eigenvalue weighted by Gasteiger charge is 2.24. The van der Waals surface area contributed by atoms with Gasteiger partial charge in [-0.15, -0.1) is 24.0 Å². The van der Waals surface area contributed by atoms with Crippen molar-refractivity contribution in [2.24, 2.45) is 10.9 Å². The fraction of sp³-hybridized carbons (Fsp3) is 0.826. The average molecular weight is 564 g/mol. The zero-order chi connectivity index (χ0) is 21.3. The SMILES string of the molecule is CCNC(=NCC1CCN(Cc2nc(C)c(C)o2)CC1)NC1CCCC(SCC)C1.I. The maximum Gasteiger partial charge on any atom is 0.208 e. The van der Waals surface area contributed by atoms with Crippen LogP contribution in [0.3, 0.4) is 0 Å². The number of likely N-dealkylation sites (tertiary alicyclic amines) is 1. The predicted octanol–water partition coefficient (Wildman–Crippen LogP) is 4.74. The number of rotatable bonds is 8. The number of aromatic nitrogens is 1. The summed E-state index contributed by atoms with van der Waals surface area (Å²) in [5.74, 6) is 4.69. The molecule has 0 bridgehead atoms. The number of nitrogens with zero attached hydrogens (tertiary/aromatic N) is 3. The summed E-state index contributed by atoms with van der Waals surface area (Å²) in [7, 11) is 0. The third-order valence-electron chi connectivity index (χ3n) is 6.36. The van der Waals surface area contributed by atoms with E-state index in [-0.39, 0.29) is 24.0 Å². The minimum Gasteiger partial charge on any atom is -0.444 e. The number of hydrogen-bond donors (Lipinski definition) is 2. The first-order valence-electron chi connectivity index (χ1n) is 11.9. The van der Waals surface area contributed by atoms with Crippen molar-refractivity contribution < 1.29 is 4.42 Å². The fourth-order valence-electron chi connectivity index (χ4n) is 4.52. The number of halogens is 1. The van der Waals surface area contributed by atoms with E-state index in [0.29, 0.717) is 12.0 Å². The van der Waals surface area contributed by atoms with Crippen LogP contribution < -0.4 is 10.6 Å². The number of nitrogens with one attached hydrogen (secondary N) is 2. The van der Waals surface area contributed by atoms with Crippen molar-refractivity contribution in [1.82, 2.24) is 20.5 Å². The molecule has 2 atom stereocenters. The van der Waals surface area contributed by atoms with Crippen molar-refractivity contribution >= 4 is 41.7 Å². The summed E-state index contributed by atoms with van der Waals surface area (Å²) in [6, 6.07) is 0.565. The summed E-state index contributed by atoms with van der Waals surface area (Å²) < 4.78 is 5.75. The Morgan fingerprint density at radius 3 is 2.61 bits per heavy atom. The van der Waals surface area contributed by atoms with Crippen molar-refractivity contribution in [1.29, 1.82) is 0 Å². The van der Waals surface area contributed by atoms with E-state index >= 15 is 0 Å². The van der Waals surface area contributed by atoms with E-state index in [9.17, 15) is 0 Å². The van der Waals surface area contributed by atoms with Gasteiger partial charge in [-0.3, -0.25) is 9.89 Å². The van der Waals surface area contributed by atoms with Crippen LogP contribution >= 0.6 is 35.7 Å². The topological polar surface area (TPSA) is 65.7 Å². The molecule has 1 aromatic rings. The van der Waals surface area contributed by atoms with Gasteiger partial charge in [0.2, 0.25) is 5.89 Å². The van der Waals surface area contributed by atoms with Gasteiger partial charge in [0, 0.05) is 24.4 Å². The number of oxazole rings is 1. The molecule has 0 amide bonds. The lowest BCUT2D eigenvalue weighted by Crippen LogP contribution is -2.46. The smallest absolute Gasteiger partial charge is 0.208 e. The Labute approximate surface area is 210 Å². The van der Waals surface area contributed by atoms with E-state index in [2.05, 4.69) is 46.1 Å². The Kier molecular flexibility index (Phi) is 12.0. The summed E-state index contributed by atoms with van der Waals surface area (Å²) in [5.41, 5.74) is 1.01. The van der Waals surface area contributed by atoms with E-state index < -0.39 is 0 Å². The highest BCUT2D eigenvalue weighted by atomic mass is 127. The molecule has 1 aliphatic heterocycles. The first-order chi connectivity index (χ1) is 14.6. The van der Waals surface area contributed by atoms with Gasteiger partial charge in [-0.1, -0.05) is 13.3 Å². The molecule has 31 heavy (non-hydrogen) atoms. The first-order valence-corrected chi connectivity index (χ1v) is 12.9. The zero-order valence-corrected chi connectivity index (χ0v) is 22.9. The zero-order valence-electron chi connectivity index (χ0n) is 19.8. The lowest BCUT2D eigenvalue weighted by atomic mass is 9.95. The molecule has 1 saturated heterocycles. The second-order valence-electron chi connectivity index (χ2n) is 8.77. The maximum atomic E-state index is 5.75. The minimum atomic E-state index is 0. The standard InChI is InChI=1S/C23H41N5OS.HI/c1-5-24-23(27-20-8-7-9-21(14-20)30-6-2)25-15-19-10-12-28(13-11-19)16-22-26-17(3)18(4)29-22;/h19-21H,5-16H2,1-4H3,(H2,24,25,27);1H. The lowest BCUT2D eigenvalue weighted by molar-refractivity contribution is 0.166. The number of aryl methyl sites for hydroxylation is 2. The lowest BCUT2D eigenvalue weighted by Gasteiger charge is -2.31. The van der Waals surface area contributed by atoms with Gasteiger partial charge in [-0.05, 0) is 77.6 Å². The summed E-state index contributed by atoms with van der Waals surface area (Å²) in [6.45, 7) is 13.3. The maximum absolute atomic E-state index is 5.75. The molecule has 3 rings (SSSR count). The van der Waals surface area contributed by atoms with E-state index in [4.69, 9.17) is 9.41 Å². The number of hydrogen-bond acceptors (Lipinski definition) is 5. The van der Waals surface area contributed by atoms with Crippen molar-refractivity contribution in [2.45, 2.75) is 84.1 Å². The molecular formula is C23H42IN5OS. The van der Waals surface area contributed by atoms with Crippen molar-refractivity contribution in [3.63, 3.8) is 0 Å². The van der Waals surface area contributed by atoms with Crippen LogP contribution in [-0.4, -0.2) is 59.1 Å². The largest absolute Gasteiger partial charge is 0.444 e. The molecular weight excluding hydrogens is 521 g/mol. The summed E-state index contributed by atoms with van der Waals surface area (Å²) in [5, 5.41) is 8.00. The monoisotopic (exact) mass is 563 g/mol. The summed E-state index contributed by atoms with van der Waals surface area (Å²) in [4.78, 5) is 12.0. The highest BCUT2D eigenvalue weighted by Crippen LogP contribution is 2.28. The van der Waals surface area contributed by atoms with Crippen LogP contribution in [0.2, 0.25) is 0 Å². The Bertz CT molecular complexity index is 653. The fourth-order valence-corrected chi connectivity index (χ4v) is 5.70. The second kappa shape index (κ2) is 13.9. The van der Waals surface area contributed by atoms with E-state index in [0.717, 1.165) is 61.3 Å². The first kappa shape index (κ1) is 26.8. The molecule has 2 heterocycles. The van der Waals surface area contributed by atoms with Crippen LogP contribution in [-0.2, 0) is 6.54 Å². The molecule has 0 radical (unpaired) electrons. The number of aliphatic imine (C=N–C) groups is 1. The quantitative estimate of drug-likeness (QED) is 0.271. The van der Waals surface area contributed by atoms with Gasteiger partial charge in [0.05, 0.1) is 12.2 Å². The number of guanidine groups is 1. The Morgan fingerprint density at radius 1 is 1.19 bits per heavy atom.